The maximum absolute atomic E-state index is 12.4. The van der Waals surface area contributed by atoms with E-state index in [1.807, 2.05) is 49.3 Å². The number of rotatable bonds is 9. The van der Waals surface area contributed by atoms with Gasteiger partial charge in [0, 0.05) is 13.1 Å². The molecule has 2 heterocycles. The molecule has 0 radical (unpaired) electrons. The van der Waals surface area contributed by atoms with E-state index in [1.54, 1.807) is 35.1 Å². The molecular formula is C22H24N8O2S. The van der Waals surface area contributed by atoms with Crippen molar-refractivity contribution in [3.8, 4) is 5.69 Å². The van der Waals surface area contributed by atoms with Gasteiger partial charge in [0.1, 0.15) is 6.33 Å². The van der Waals surface area contributed by atoms with Crippen molar-refractivity contribution in [2.45, 2.75) is 11.4 Å². The van der Waals surface area contributed by atoms with Crippen molar-refractivity contribution in [2.24, 2.45) is 10.2 Å². The van der Waals surface area contributed by atoms with Gasteiger partial charge in [-0.15, -0.1) is 5.11 Å². The summed E-state index contributed by atoms with van der Waals surface area (Å²) in [5, 5.41) is 13.6. The zero-order valence-corrected chi connectivity index (χ0v) is 19.1. The van der Waals surface area contributed by atoms with Crippen LogP contribution in [0.5, 0.6) is 0 Å². The zero-order chi connectivity index (χ0) is 23.3. The Bertz CT molecular complexity index is 1350. The Morgan fingerprint density at radius 3 is 2.52 bits per heavy atom. The summed E-state index contributed by atoms with van der Waals surface area (Å²) in [7, 11) is 0.239. The van der Waals surface area contributed by atoms with Gasteiger partial charge in [0.05, 0.1) is 28.7 Å². The summed E-state index contributed by atoms with van der Waals surface area (Å²) in [4.78, 5) is 10.7. The molecule has 0 saturated heterocycles. The minimum Gasteiger partial charge on any atom is -0.308 e. The van der Waals surface area contributed by atoms with Crippen LogP contribution in [0, 0.1) is 0 Å². The summed E-state index contributed by atoms with van der Waals surface area (Å²) in [6.45, 7) is 1.25. The summed E-state index contributed by atoms with van der Waals surface area (Å²) in [5.41, 5.74) is 2.36. The van der Waals surface area contributed by atoms with Gasteiger partial charge in [0.25, 0.3) is 0 Å². The number of sulfonamides is 1. The van der Waals surface area contributed by atoms with E-state index in [0.717, 1.165) is 11.3 Å². The first-order valence-electron chi connectivity index (χ1n) is 10.3. The molecule has 2 aromatic carbocycles. The average molecular weight is 465 g/mol. The third-order valence-corrected chi connectivity index (χ3v) is 6.33. The number of aromatic nitrogens is 4. The van der Waals surface area contributed by atoms with E-state index in [9.17, 15) is 8.42 Å². The Morgan fingerprint density at radius 1 is 1.03 bits per heavy atom. The molecule has 4 rings (SSSR count). The van der Waals surface area contributed by atoms with Gasteiger partial charge in [-0.25, -0.2) is 27.8 Å². The van der Waals surface area contributed by atoms with Crippen LogP contribution in [0.1, 0.15) is 5.56 Å². The molecule has 0 fully saturated rings. The van der Waals surface area contributed by atoms with E-state index >= 15 is 0 Å². The molecule has 170 valence electrons. The standard InChI is InChI=1S/C22H24N8O2S/c1-29(2)13-12-27-33(31,32)19-10-8-17(9-11-19)14-25-28-21-20-15-26-30(22(20)24-16-23-21)18-6-4-3-5-7-18/h3-11,15-16,27H,12-14H2,1-2H3. The molecule has 0 atom stereocenters. The molecule has 2 aromatic heterocycles. The molecule has 0 unspecified atom stereocenters. The molecule has 1 N–H and O–H groups in total. The number of nitrogens with one attached hydrogen (secondary N) is 1. The average Bonchev–Trinajstić information content (AvgIpc) is 3.25. The molecule has 11 heteroatoms. The maximum atomic E-state index is 12.4. The van der Waals surface area contributed by atoms with Gasteiger partial charge in [0.15, 0.2) is 11.5 Å². The van der Waals surface area contributed by atoms with Crippen LogP contribution in [0.15, 0.2) is 82.2 Å². The smallest absolute Gasteiger partial charge is 0.240 e. The van der Waals surface area contributed by atoms with E-state index in [1.165, 1.54) is 6.33 Å². The molecule has 0 aliphatic carbocycles. The fraction of sp³-hybridized carbons (Fsp3) is 0.227. The van der Waals surface area contributed by atoms with Gasteiger partial charge in [-0.2, -0.15) is 10.2 Å². The second-order valence-electron chi connectivity index (χ2n) is 7.57. The summed E-state index contributed by atoms with van der Waals surface area (Å²) in [6, 6.07) is 16.3. The monoisotopic (exact) mass is 464 g/mol. The van der Waals surface area contributed by atoms with E-state index in [-0.39, 0.29) is 11.4 Å². The van der Waals surface area contributed by atoms with Crippen LogP contribution in [0.4, 0.5) is 5.82 Å². The van der Waals surface area contributed by atoms with Crippen LogP contribution in [-0.2, 0) is 16.6 Å². The van der Waals surface area contributed by atoms with Gasteiger partial charge in [-0.1, -0.05) is 30.3 Å². The van der Waals surface area contributed by atoms with E-state index in [2.05, 4.69) is 30.0 Å². The van der Waals surface area contributed by atoms with Crippen LogP contribution >= 0.6 is 0 Å². The highest BCUT2D eigenvalue weighted by atomic mass is 32.2. The van der Waals surface area contributed by atoms with Crippen molar-refractivity contribution >= 4 is 26.9 Å². The predicted octanol–water partition coefficient (Wildman–Crippen LogP) is 2.94. The number of fused-ring (bicyclic) bond motifs is 1. The second kappa shape index (κ2) is 9.94. The summed E-state index contributed by atoms with van der Waals surface area (Å²) in [6.07, 6.45) is 3.10. The molecule has 33 heavy (non-hydrogen) atoms. The van der Waals surface area contributed by atoms with Gasteiger partial charge in [-0.3, -0.25) is 0 Å². The number of para-hydroxylation sites is 1. The van der Waals surface area contributed by atoms with Gasteiger partial charge in [0.2, 0.25) is 10.0 Å². The zero-order valence-electron chi connectivity index (χ0n) is 18.3. The molecule has 0 aliphatic rings. The van der Waals surface area contributed by atoms with Crippen molar-refractivity contribution in [3.63, 3.8) is 0 Å². The number of benzene rings is 2. The van der Waals surface area contributed by atoms with Crippen LogP contribution in [-0.4, -0.2) is 60.3 Å². The first-order valence-corrected chi connectivity index (χ1v) is 11.8. The predicted molar refractivity (Wildman–Crippen MR) is 125 cm³/mol. The van der Waals surface area contributed by atoms with Crippen LogP contribution in [0.3, 0.4) is 0 Å². The molecule has 4 aromatic rings. The number of hydrogen-bond acceptors (Lipinski definition) is 8. The fourth-order valence-electron chi connectivity index (χ4n) is 3.11. The number of nitrogens with zero attached hydrogens (tertiary/aromatic N) is 7. The summed E-state index contributed by atoms with van der Waals surface area (Å²) >= 11 is 0. The van der Waals surface area contributed by atoms with Crippen LogP contribution < -0.4 is 4.72 Å². The Labute approximate surface area is 192 Å². The molecule has 0 bridgehead atoms. The first-order chi connectivity index (χ1) is 15.9. The largest absolute Gasteiger partial charge is 0.308 e. The van der Waals surface area contributed by atoms with Gasteiger partial charge >= 0.3 is 0 Å². The van der Waals surface area contributed by atoms with Crippen LogP contribution in [0.2, 0.25) is 0 Å². The third kappa shape index (κ3) is 5.45. The van der Waals surface area contributed by atoms with E-state index < -0.39 is 10.0 Å². The second-order valence-corrected chi connectivity index (χ2v) is 9.34. The first kappa shape index (κ1) is 22.6. The molecule has 0 saturated carbocycles. The van der Waals surface area contributed by atoms with E-state index in [4.69, 9.17) is 0 Å². The topological polar surface area (TPSA) is 118 Å². The van der Waals surface area contributed by atoms with Crippen molar-refractivity contribution < 1.29 is 8.42 Å². The molecule has 0 amide bonds. The highest BCUT2D eigenvalue weighted by molar-refractivity contribution is 7.89. The Balaban J connectivity index is 1.45. The number of likely N-dealkylation sites (N-methyl/N-ethyl adjacent to an activating group) is 1. The fourth-order valence-corrected chi connectivity index (χ4v) is 4.14. The lowest BCUT2D eigenvalue weighted by molar-refractivity contribution is 0.412. The molecule has 10 nitrogen and oxygen atoms in total. The summed E-state index contributed by atoms with van der Waals surface area (Å²) in [5.74, 6) is 0.423. The SMILES string of the molecule is CN(C)CCNS(=O)(=O)c1ccc(CN=Nc2ncnc3c2cnn3-c2ccccc2)cc1. The number of azo groups is 1. The Kier molecular flexibility index (Phi) is 6.82. The van der Waals surface area contributed by atoms with Gasteiger partial charge < -0.3 is 4.90 Å². The lowest BCUT2D eigenvalue weighted by Crippen LogP contribution is -2.31. The minimum absolute atomic E-state index is 0.216. The highest BCUT2D eigenvalue weighted by Crippen LogP contribution is 2.24. The van der Waals surface area contributed by atoms with Crippen molar-refractivity contribution in [1.29, 1.82) is 0 Å². The molecule has 0 aliphatic heterocycles. The molecule has 0 spiro atoms. The minimum atomic E-state index is -3.54. The Hall–Kier alpha value is -3.54. The van der Waals surface area contributed by atoms with E-state index in [0.29, 0.717) is 29.9 Å². The highest BCUT2D eigenvalue weighted by Gasteiger charge is 2.13. The lowest BCUT2D eigenvalue weighted by Gasteiger charge is -2.11. The van der Waals surface area contributed by atoms with Crippen molar-refractivity contribution in [3.05, 3.63) is 72.7 Å². The van der Waals surface area contributed by atoms with Gasteiger partial charge in [-0.05, 0) is 43.9 Å². The van der Waals surface area contributed by atoms with Crippen molar-refractivity contribution in [2.75, 3.05) is 27.2 Å². The van der Waals surface area contributed by atoms with Crippen molar-refractivity contribution in [1.82, 2.24) is 29.4 Å². The third-order valence-electron chi connectivity index (χ3n) is 4.85. The molecular weight excluding hydrogens is 440 g/mol. The summed E-state index contributed by atoms with van der Waals surface area (Å²) < 4.78 is 29.0. The quantitative estimate of drug-likeness (QED) is 0.381. The maximum Gasteiger partial charge on any atom is 0.240 e. The Morgan fingerprint density at radius 2 is 1.79 bits per heavy atom. The normalized spacial score (nSPS) is 12.2. The number of hydrogen-bond donors (Lipinski definition) is 1. The van der Waals surface area contributed by atoms with Crippen LogP contribution in [0.25, 0.3) is 16.7 Å². The lowest BCUT2D eigenvalue weighted by atomic mass is 10.2.